The quantitative estimate of drug-likeness (QED) is 0.720. The molecule has 2 nitrogen and oxygen atoms in total. The first-order valence-corrected chi connectivity index (χ1v) is 5.63. The Kier molecular flexibility index (Phi) is 3.57. The van der Waals surface area contributed by atoms with Crippen molar-refractivity contribution in [3.05, 3.63) is 0 Å². The Morgan fingerprint density at radius 2 is 2.00 bits per heavy atom. The maximum atomic E-state index is 11.9. The summed E-state index contributed by atoms with van der Waals surface area (Å²) in [6.07, 6.45) is 3.42. The van der Waals surface area contributed by atoms with Crippen LogP contribution in [-0.2, 0) is 4.79 Å². The molecule has 15 heavy (non-hydrogen) atoms. The van der Waals surface area contributed by atoms with Gasteiger partial charge in [0.1, 0.15) is 0 Å². The molecule has 0 radical (unpaired) electrons. The van der Waals surface area contributed by atoms with Gasteiger partial charge in [-0.3, -0.25) is 4.79 Å². The van der Waals surface area contributed by atoms with Crippen LogP contribution in [0.5, 0.6) is 0 Å². The Labute approximate surface area is 92.6 Å². The SMILES string of the molecule is CC(C)(C)C#CCC(=O)C1(CN)CCC1. The standard InChI is InChI=1S/C13H21NO/c1-12(2,3)7-4-6-11(15)13(10-14)8-5-9-13/h5-6,8-10,14H2,1-3H3. The summed E-state index contributed by atoms with van der Waals surface area (Å²) in [4.78, 5) is 11.9. The van der Waals surface area contributed by atoms with E-state index in [4.69, 9.17) is 5.73 Å². The third-order valence-electron chi connectivity index (χ3n) is 3.01. The zero-order valence-electron chi connectivity index (χ0n) is 10.0. The van der Waals surface area contributed by atoms with Crippen molar-refractivity contribution in [2.75, 3.05) is 6.54 Å². The van der Waals surface area contributed by atoms with Gasteiger partial charge in [-0.25, -0.2) is 0 Å². The fourth-order valence-corrected chi connectivity index (χ4v) is 1.78. The van der Waals surface area contributed by atoms with Crippen LogP contribution in [0.3, 0.4) is 0 Å². The van der Waals surface area contributed by atoms with E-state index < -0.39 is 0 Å². The second-order valence-electron chi connectivity index (χ2n) is 5.49. The first-order chi connectivity index (χ1) is 6.90. The summed E-state index contributed by atoms with van der Waals surface area (Å²) in [6.45, 7) is 6.63. The van der Waals surface area contributed by atoms with E-state index in [1.54, 1.807) is 0 Å². The minimum Gasteiger partial charge on any atom is -0.329 e. The van der Waals surface area contributed by atoms with Crippen molar-refractivity contribution in [1.82, 2.24) is 0 Å². The van der Waals surface area contributed by atoms with Crippen molar-refractivity contribution >= 4 is 5.78 Å². The molecule has 1 fully saturated rings. The average Bonchev–Trinajstić information content (AvgIpc) is 2.00. The number of ketones is 1. The first kappa shape index (κ1) is 12.3. The maximum Gasteiger partial charge on any atom is 0.152 e. The van der Waals surface area contributed by atoms with Crippen molar-refractivity contribution in [2.24, 2.45) is 16.6 Å². The highest BCUT2D eigenvalue weighted by molar-refractivity contribution is 5.87. The van der Waals surface area contributed by atoms with E-state index in [-0.39, 0.29) is 16.6 Å². The molecule has 84 valence electrons. The number of hydrogen-bond acceptors (Lipinski definition) is 2. The lowest BCUT2D eigenvalue weighted by atomic mass is 9.65. The van der Waals surface area contributed by atoms with Gasteiger partial charge < -0.3 is 5.73 Å². The zero-order valence-corrected chi connectivity index (χ0v) is 10.0. The highest BCUT2D eigenvalue weighted by Crippen LogP contribution is 2.41. The molecule has 2 N–H and O–H groups in total. The molecule has 0 aliphatic heterocycles. The Bertz CT molecular complexity index is 291. The van der Waals surface area contributed by atoms with E-state index in [0.29, 0.717) is 13.0 Å². The molecule has 0 bridgehead atoms. The average molecular weight is 207 g/mol. The van der Waals surface area contributed by atoms with Crippen LogP contribution in [0.1, 0.15) is 46.5 Å². The second-order valence-corrected chi connectivity index (χ2v) is 5.49. The molecule has 1 aliphatic rings. The van der Waals surface area contributed by atoms with Gasteiger partial charge in [-0.2, -0.15) is 0 Å². The Morgan fingerprint density at radius 1 is 1.40 bits per heavy atom. The Balaban J connectivity index is 2.52. The number of carbonyl (C=O) groups excluding carboxylic acids is 1. The lowest BCUT2D eigenvalue weighted by molar-refractivity contribution is -0.131. The zero-order chi connectivity index (χ0) is 11.5. The topological polar surface area (TPSA) is 43.1 Å². The molecule has 1 aliphatic carbocycles. The number of hydrogen-bond donors (Lipinski definition) is 1. The fourth-order valence-electron chi connectivity index (χ4n) is 1.78. The molecule has 2 heteroatoms. The van der Waals surface area contributed by atoms with Crippen molar-refractivity contribution in [3.63, 3.8) is 0 Å². The number of carbonyl (C=O) groups is 1. The van der Waals surface area contributed by atoms with Crippen molar-refractivity contribution in [3.8, 4) is 11.8 Å². The summed E-state index contributed by atoms with van der Waals surface area (Å²) >= 11 is 0. The van der Waals surface area contributed by atoms with Crippen LogP contribution in [-0.4, -0.2) is 12.3 Å². The Hall–Kier alpha value is -0.810. The van der Waals surface area contributed by atoms with Gasteiger partial charge in [0.15, 0.2) is 5.78 Å². The summed E-state index contributed by atoms with van der Waals surface area (Å²) in [5, 5.41) is 0. The fraction of sp³-hybridized carbons (Fsp3) is 0.769. The van der Waals surface area contributed by atoms with Gasteiger partial charge in [-0.15, -0.1) is 0 Å². The predicted molar refractivity (Wildman–Crippen MR) is 62.2 cm³/mol. The van der Waals surface area contributed by atoms with E-state index in [1.807, 2.05) is 20.8 Å². The molecule has 0 aromatic carbocycles. The summed E-state index contributed by atoms with van der Waals surface area (Å²) in [5.41, 5.74) is 5.42. The molecule has 0 heterocycles. The molecule has 0 atom stereocenters. The van der Waals surface area contributed by atoms with Gasteiger partial charge in [-0.05, 0) is 33.6 Å². The van der Waals surface area contributed by atoms with Gasteiger partial charge >= 0.3 is 0 Å². The van der Waals surface area contributed by atoms with Crippen LogP contribution in [0.2, 0.25) is 0 Å². The summed E-state index contributed by atoms with van der Waals surface area (Å²) in [7, 11) is 0. The molecule has 1 saturated carbocycles. The highest BCUT2D eigenvalue weighted by atomic mass is 16.1. The largest absolute Gasteiger partial charge is 0.329 e. The van der Waals surface area contributed by atoms with Crippen LogP contribution in [0.15, 0.2) is 0 Å². The molecular weight excluding hydrogens is 186 g/mol. The third kappa shape index (κ3) is 3.07. The van der Waals surface area contributed by atoms with E-state index in [1.165, 1.54) is 0 Å². The predicted octanol–water partition coefficient (Wildman–Crippen LogP) is 2.12. The Morgan fingerprint density at radius 3 is 2.33 bits per heavy atom. The monoisotopic (exact) mass is 207 g/mol. The number of nitrogens with two attached hydrogens (primary N) is 1. The van der Waals surface area contributed by atoms with Crippen molar-refractivity contribution < 1.29 is 4.79 Å². The minimum absolute atomic E-state index is 0.0181. The van der Waals surface area contributed by atoms with Crippen molar-refractivity contribution in [2.45, 2.75) is 46.5 Å². The van der Waals surface area contributed by atoms with Gasteiger partial charge in [0, 0.05) is 17.4 Å². The molecule has 0 amide bonds. The van der Waals surface area contributed by atoms with Crippen molar-refractivity contribution in [1.29, 1.82) is 0 Å². The molecule has 0 saturated heterocycles. The van der Waals surface area contributed by atoms with Crippen LogP contribution in [0, 0.1) is 22.7 Å². The van der Waals surface area contributed by atoms with Crippen LogP contribution < -0.4 is 5.73 Å². The van der Waals surface area contributed by atoms with E-state index in [0.717, 1.165) is 19.3 Å². The molecule has 0 aromatic heterocycles. The second kappa shape index (κ2) is 4.37. The van der Waals surface area contributed by atoms with Crippen LogP contribution in [0.25, 0.3) is 0 Å². The van der Waals surface area contributed by atoms with Crippen LogP contribution >= 0.6 is 0 Å². The first-order valence-electron chi connectivity index (χ1n) is 5.63. The molecule has 1 rings (SSSR count). The lowest BCUT2D eigenvalue weighted by Crippen LogP contribution is -2.44. The highest BCUT2D eigenvalue weighted by Gasteiger charge is 2.41. The van der Waals surface area contributed by atoms with E-state index in [9.17, 15) is 4.79 Å². The van der Waals surface area contributed by atoms with E-state index >= 15 is 0 Å². The maximum absolute atomic E-state index is 11.9. The van der Waals surface area contributed by atoms with Gasteiger partial charge in [-0.1, -0.05) is 18.3 Å². The molecule has 0 aromatic rings. The molecule has 0 spiro atoms. The number of Topliss-reactive ketones (excluding diaryl/α,β-unsaturated/α-hetero) is 1. The summed E-state index contributed by atoms with van der Waals surface area (Å²) in [6, 6.07) is 0. The smallest absolute Gasteiger partial charge is 0.152 e. The summed E-state index contributed by atoms with van der Waals surface area (Å²) < 4.78 is 0. The lowest BCUT2D eigenvalue weighted by Gasteiger charge is -2.38. The normalized spacial score (nSPS) is 18.7. The van der Waals surface area contributed by atoms with Gasteiger partial charge in [0.25, 0.3) is 0 Å². The minimum atomic E-state index is -0.216. The van der Waals surface area contributed by atoms with Crippen LogP contribution in [0.4, 0.5) is 0 Å². The van der Waals surface area contributed by atoms with Gasteiger partial charge in [0.05, 0.1) is 6.42 Å². The van der Waals surface area contributed by atoms with Gasteiger partial charge in [0.2, 0.25) is 0 Å². The molecule has 0 unspecified atom stereocenters. The number of rotatable bonds is 3. The molecular formula is C13H21NO. The summed E-state index contributed by atoms with van der Waals surface area (Å²) in [5.74, 6) is 6.31. The third-order valence-corrected chi connectivity index (χ3v) is 3.01. The van der Waals surface area contributed by atoms with E-state index in [2.05, 4.69) is 11.8 Å².